The van der Waals surface area contributed by atoms with Crippen molar-refractivity contribution in [1.82, 2.24) is 0 Å². The summed E-state index contributed by atoms with van der Waals surface area (Å²) >= 11 is 0. The van der Waals surface area contributed by atoms with Gasteiger partial charge in [-0.1, -0.05) is 54.4 Å². The van der Waals surface area contributed by atoms with Gasteiger partial charge >= 0.3 is 0 Å². The summed E-state index contributed by atoms with van der Waals surface area (Å²) in [7, 11) is 0. The lowest BCUT2D eigenvalue weighted by Gasteiger charge is -2.47. The van der Waals surface area contributed by atoms with Gasteiger partial charge in [0.2, 0.25) is 0 Å². The lowest BCUT2D eigenvalue weighted by molar-refractivity contribution is 0.0284. The summed E-state index contributed by atoms with van der Waals surface area (Å²) in [5.41, 5.74) is 6.71. The smallest absolute Gasteiger partial charge is 0.100 e. The first-order valence-electron chi connectivity index (χ1n) is 8.97. The van der Waals surface area contributed by atoms with E-state index in [0.717, 1.165) is 19.3 Å². The van der Waals surface area contributed by atoms with Crippen LogP contribution in [0.5, 0.6) is 0 Å². The van der Waals surface area contributed by atoms with Gasteiger partial charge in [-0.25, -0.2) is 4.39 Å². The van der Waals surface area contributed by atoms with E-state index in [1.807, 2.05) is 27.7 Å². The fraction of sp³-hybridized carbons (Fsp3) is 1.00. The Labute approximate surface area is 126 Å². The third-order valence-corrected chi connectivity index (χ3v) is 5.39. The fourth-order valence-corrected chi connectivity index (χ4v) is 4.06. The van der Waals surface area contributed by atoms with E-state index in [2.05, 4.69) is 13.8 Å². The molecule has 0 aromatic heterocycles. The van der Waals surface area contributed by atoms with Crippen molar-refractivity contribution in [3.05, 3.63) is 0 Å². The predicted octanol–water partition coefficient (Wildman–Crippen LogP) is 5.72. The average molecular weight is 288 g/mol. The predicted molar refractivity (Wildman–Crippen MR) is 88.6 cm³/mol. The van der Waals surface area contributed by atoms with Crippen LogP contribution in [0.2, 0.25) is 0 Å². The summed E-state index contributed by atoms with van der Waals surface area (Å²) < 4.78 is 13.5. The van der Waals surface area contributed by atoms with Crippen molar-refractivity contribution < 1.29 is 4.39 Å². The molecule has 2 aliphatic carbocycles. The third kappa shape index (κ3) is 4.44. The van der Waals surface area contributed by atoms with Crippen molar-refractivity contribution in [2.75, 3.05) is 0 Å². The number of hydrogen-bond acceptors (Lipinski definition) is 1. The van der Waals surface area contributed by atoms with Crippen LogP contribution in [0.3, 0.4) is 0 Å². The Morgan fingerprint density at radius 1 is 1.10 bits per heavy atom. The Morgan fingerprint density at radius 2 is 1.70 bits per heavy atom. The van der Waals surface area contributed by atoms with E-state index in [1.165, 1.54) is 25.7 Å². The second-order valence-electron chi connectivity index (χ2n) is 6.20. The van der Waals surface area contributed by atoms with Crippen LogP contribution < -0.4 is 5.73 Å². The van der Waals surface area contributed by atoms with Gasteiger partial charge in [0.05, 0.1) is 0 Å². The van der Waals surface area contributed by atoms with Gasteiger partial charge in [0.25, 0.3) is 0 Å². The molecule has 0 spiro atoms. The van der Waals surface area contributed by atoms with Gasteiger partial charge in [0.1, 0.15) is 6.17 Å². The topological polar surface area (TPSA) is 26.0 Å². The molecule has 0 saturated heterocycles. The molecule has 2 saturated carbocycles. The van der Waals surface area contributed by atoms with Crippen molar-refractivity contribution in [2.24, 2.45) is 23.0 Å². The first kappa shape index (κ1) is 19.9. The summed E-state index contributed by atoms with van der Waals surface area (Å²) in [6.45, 7) is 12.6. The highest BCUT2D eigenvalue weighted by molar-refractivity contribution is 5.00. The Kier molecular flexibility index (Phi) is 9.71. The molecule has 2 heteroatoms. The molecule has 0 radical (unpaired) electrons. The number of fused-ring (bicyclic) bond motifs is 1. The molecule has 0 aromatic carbocycles. The zero-order valence-electron chi connectivity index (χ0n) is 14.7. The van der Waals surface area contributed by atoms with Gasteiger partial charge in [-0.3, -0.25) is 0 Å². The number of hydrogen-bond donors (Lipinski definition) is 1. The van der Waals surface area contributed by atoms with Crippen molar-refractivity contribution >= 4 is 0 Å². The number of nitrogens with two attached hydrogens (primary N) is 1. The maximum absolute atomic E-state index is 13.5. The van der Waals surface area contributed by atoms with E-state index in [-0.39, 0.29) is 11.5 Å². The molecule has 0 aromatic rings. The molecule has 20 heavy (non-hydrogen) atoms. The minimum atomic E-state index is -0.566. The lowest BCUT2D eigenvalue weighted by atomic mass is 9.61. The van der Waals surface area contributed by atoms with Crippen LogP contribution in [0.25, 0.3) is 0 Å². The van der Waals surface area contributed by atoms with Gasteiger partial charge in [-0.2, -0.15) is 0 Å². The fourth-order valence-electron chi connectivity index (χ4n) is 4.06. The van der Waals surface area contributed by atoms with Gasteiger partial charge in [-0.05, 0) is 49.4 Å². The first-order chi connectivity index (χ1) is 9.58. The molecule has 2 fully saturated rings. The quantitative estimate of drug-likeness (QED) is 0.655. The molecule has 2 rings (SSSR count). The summed E-state index contributed by atoms with van der Waals surface area (Å²) in [6, 6.07) is 0.289. The summed E-state index contributed by atoms with van der Waals surface area (Å²) in [5.74, 6) is 1.19. The lowest BCUT2D eigenvalue weighted by Crippen LogP contribution is -2.50. The van der Waals surface area contributed by atoms with Crippen molar-refractivity contribution in [3.8, 4) is 0 Å². The maximum Gasteiger partial charge on any atom is 0.100 e. The third-order valence-electron chi connectivity index (χ3n) is 5.39. The van der Waals surface area contributed by atoms with Crippen LogP contribution in [-0.4, -0.2) is 12.2 Å². The van der Waals surface area contributed by atoms with Crippen molar-refractivity contribution in [1.29, 1.82) is 0 Å². The minimum absolute atomic E-state index is 0.208. The molecule has 0 bridgehead atoms. The highest BCUT2D eigenvalue weighted by Crippen LogP contribution is 2.50. The largest absolute Gasteiger partial charge is 0.327 e. The second-order valence-corrected chi connectivity index (χ2v) is 6.20. The van der Waals surface area contributed by atoms with E-state index in [9.17, 15) is 4.39 Å². The molecule has 1 nitrogen and oxygen atoms in total. The van der Waals surface area contributed by atoms with Crippen LogP contribution in [0.15, 0.2) is 0 Å². The van der Waals surface area contributed by atoms with Gasteiger partial charge in [0.15, 0.2) is 0 Å². The molecular formula is C18H38FN. The molecule has 5 atom stereocenters. The molecule has 2 N–H and O–H groups in total. The molecule has 5 unspecified atom stereocenters. The van der Waals surface area contributed by atoms with Crippen LogP contribution >= 0.6 is 0 Å². The summed E-state index contributed by atoms with van der Waals surface area (Å²) in [4.78, 5) is 0. The zero-order chi connectivity index (χ0) is 15.8. The van der Waals surface area contributed by atoms with Gasteiger partial charge in [0, 0.05) is 6.04 Å². The highest BCUT2D eigenvalue weighted by Gasteiger charge is 2.47. The first-order valence-corrected chi connectivity index (χ1v) is 8.97. The Hall–Kier alpha value is -0.110. The molecule has 2 aliphatic rings. The molecular weight excluding hydrogens is 249 g/mol. The molecule has 0 amide bonds. The van der Waals surface area contributed by atoms with E-state index in [1.54, 1.807) is 0 Å². The van der Waals surface area contributed by atoms with Crippen molar-refractivity contribution in [2.45, 2.75) is 98.7 Å². The van der Waals surface area contributed by atoms with Crippen molar-refractivity contribution in [3.63, 3.8) is 0 Å². The standard InChI is InChI=1S/C14H26FN.2C2H6/c1-3-10-5-4-6-11-9-12(15)7-8-14(11,2)13(10)16;2*1-2/h10-13H,3-9,16H2,1-2H3;2*1-2H3. The number of halogens is 1. The SMILES string of the molecule is CC.CC.CCC1CCCC2CC(F)CCC2(C)C1N. The van der Waals surface area contributed by atoms with E-state index >= 15 is 0 Å². The average Bonchev–Trinajstić information content (AvgIpc) is 2.61. The van der Waals surface area contributed by atoms with E-state index in [4.69, 9.17) is 5.73 Å². The number of rotatable bonds is 1. The highest BCUT2D eigenvalue weighted by atomic mass is 19.1. The van der Waals surface area contributed by atoms with Gasteiger partial charge in [-0.15, -0.1) is 0 Å². The summed E-state index contributed by atoms with van der Waals surface area (Å²) in [5, 5.41) is 0. The Bertz CT molecular complexity index is 240. The zero-order valence-corrected chi connectivity index (χ0v) is 14.7. The molecule has 0 heterocycles. The van der Waals surface area contributed by atoms with Crippen LogP contribution in [0.4, 0.5) is 4.39 Å². The molecule has 0 aliphatic heterocycles. The van der Waals surface area contributed by atoms with Gasteiger partial charge < -0.3 is 5.73 Å². The number of alkyl halides is 1. The van der Waals surface area contributed by atoms with Crippen LogP contribution in [0.1, 0.15) is 86.5 Å². The minimum Gasteiger partial charge on any atom is -0.327 e. The maximum atomic E-state index is 13.5. The molecule has 122 valence electrons. The summed E-state index contributed by atoms with van der Waals surface area (Å²) in [6.07, 6.45) is 6.81. The van der Waals surface area contributed by atoms with Crippen LogP contribution in [-0.2, 0) is 0 Å². The Balaban J connectivity index is 0.000000829. The normalized spacial score (nSPS) is 40.2. The second kappa shape index (κ2) is 9.76. The Morgan fingerprint density at radius 3 is 2.25 bits per heavy atom. The van der Waals surface area contributed by atoms with E-state index in [0.29, 0.717) is 11.8 Å². The van der Waals surface area contributed by atoms with E-state index < -0.39 is 6.17 Å². The van der Waals surface area contributed by atoms with Crippen LogP contribution in [0, 0.1) is 17.3 Å². The monoisotopic (exact) mass is 287 g/mol.